The summed E-state index contributed by atoms with van der Waals surface area (Å²) in [5.74, 6) is 0.0593. The first-order chi connectivity index (χ1) is 11.4. The fourth-order valence-electron chi connectivity index (χ4n) is 3.34. The van der Waals surface area contributed by atoms with E-state index in [1.165, 1.54) is 0 Å². The van der Waals surface area contributed by atoms with Gasteiger partial charge >= 0.3 is 0 Å². The molecule has 25 heavy (non-hydrogen) atoms. The number of carbonyl (C=O) groups is 1. The number of ether oxygens (including phenoxy) is 1. The van der Waals surface area contributed by atoms with E-state index < -0.39 is 6.23 Å². The zero-order valence-electron chi connectivity index (χ0n) is 17.8. The Morgan fingerprint density at radius 2 is 1.72 bits per heavy atom. The summed E-state index contributed by atoms with van der Waals surface area (Å²) in [6.45, 7) is 14.1. The van der Waals surface area contributed by atoms with Crippen LogP contribution in [0, 0.1) is 22.7 Å². The first-order valence-electron chi connectivity index (χ1n) is 9.62. The molecule has 0 radical (unpaired) electrons. The molecule has 5 heteroatoms. The van der Waals surface area contributed by atoms with Crippen LogP contribution in [0.3, 0.4) is 0 Å². The van der Waals surface area contributed by atoms with Gasteiger partial charge in [0.1, 0.15) is 6.23 Å². The van der Waals surface area contributed by atoms with Crippen molar-refractivity contribution in [3.63, 3.8) is 0 Å². The fourth-order valence-corrected chi connectivity index (χ4v) is 3.34. The van der Waals surface area contributed by atoms with Crippen molar-refractivity contribution in [2.24, 2.45) is 28.4 Å². The molecule has 0 heterocycles. The summed E-state index contributed by atoms with van der Waals surface area (Å²) in [4.78, 5) is 13.4. The van der Waals surface area contributed by atoms with Gasteiger partial charge in [0, 0.05) is 5.92 Å². The summed E-state index contributed by atoms with van der Waals surface area (Å²) in [6.07, 6.45) is 3.11. The molecule has 3 N–H and O–H groups in total. The van der Waals surface area contributed by atoms with Gasteiger partial charge in [0.25, 0.3) is 0 Å². The van der Waals surface area contributed by atoms with Gasteiger partial charge in [-0.1, -0.05) is 48.0 Å². The molecule has 0 spiro atoms. The first kappa shape index (κ1) is 24.4. The highest BCUT2D eigenvalue weighted by Gasteiger charge is 2.44. The second-order valence-electron chi connectivity index (χ2n) is 8.78. The number of aliphatic hydroxyl groups is 1. The highest BCUT2D eigenvalue weighted by Crippen LogP contribution is 2.50. The normalized spacial score (nSPS) is 16.7. The Morgan fingerprint density at radius 1 is 1.16 bits per heavy atom. The van der Waals surface area contributed by atoms with Gasteiger partial charge in [-0.05, 0) is 50.1 Å². The van der Waals surface area contributed by atoms with Crippen LogP contribution in [0.25, 0.3) is 0 Å². The van der Waals surface area contributed by atoms with Crippen molar-refractivity contribution < 1.29 is 14.6 Å². The third-order valence-corrected chi connectivity index (χ3v) is 6.24. The molecule has 0 fully saturated rings. The molecule has 0 bridgehead atoms. The zero-order valence-corrected chi connectivity index (χ0v) is 17.8. The molecule has 0 rings (SSSR count). The van der Waals surface area contributed by atoms with Crippen LogP contribution in [-0.2, 0) is 9.53 Å². The Morgan fingerprint density at radius 3 is 2.12 bits per heavy atom. The maximum absolute atomic E-state index is 11.7. The Balaban J connectivity index is 5.09. The molecule has 0 aliphatic heterocycles. The predicted molar refractivity (Wildman–Crippen MR) is 104 cm³/mol. The minimum Gasteiger partial charge on any atom is -0.377 e. The topological polar surface area (TPSA) is 75.8 Å². The largest absolute Gasteiger partial charge is 0.377 e. The molecule has 0 aliphatic rings. The van der Waals surface area contributed by atoms with Crippen molar-refractivity contribution in [1.29, 1.82) is 0 Å². The quantitative estimate of drug-likeness (QED) is 0.496. The van der Waals surface area contributed by atoms with E-state index in [9.17, 15) is 9.90 Å². The van der Waals surface area contributed by atoms with E-state index in [-0.39, 0.29) is 22.7 Å². The van der Waals surface area contributed by atoms with Crippen LogP contribution in [0.5, 0.6) is 0 Å². The van der Waals surface area contributed by atoms with Crippen LogP contribution in [0.1, 0.15) is 67.2 Å². The molecule has 0 saturated heterocycles. The number of aliphatic hydroxyl groups excluding tert-OH is 1. The zero-order chi connectivity index (χ0) is 19.8. The second-order valence-corrected chi connectivity index (χ2v) is 8.78. The van der Waals surface area contributed by atoms with E-state index in [0.717, 1.165) is 25.7 Å². The molecule has 0 aromatic rings. The molecule has 0 aliphatic carbocycles. The van der Waals surface area contributed by atoms with Crippen LogP contribution in [0.15, 0.2) is 0 Å². The maximum Gasteiger partial charge on any atom is 0.220 e. The lowest BCUT2D eigenvalue weighted by molar-refractivity contribution is -0.124. The van der Waals surface area contributed by atoms with Gasteiger partial charge in [0.15, 0.2) is 0 Å². The number of amides is 1. The van der Waals surface area contributed by atoms with Gasteiger partial charge in [-0.2, -0.15) is 0 Å². The number of hydrogen-bond acceptors (Lipinski definition) is 4. The van der Waals surface area contributed by atoms with Crippen LogP contribution < -0.4 is 5.73 Å². The number of carbonyl (C=O) groups excluding carboxylic acids is 1. The summed E-state index contributed by atoms with van der Waals surface area (Å²) in [6, 6.07) is 0. The molecular formula is C20H42N2O3. The Hall–Kier alpha value is -0.650. The second kappa shape index (κ2) is 10.5. The smallest absolute Gasteiger partial charge is 0.220 e. The SMILES string of the molecule is CCCC(COCC(O)N(C)C)C(C)(C)C(C)(C)CC(CC)C(N)=O. The lowest BCUT2D eigenvalue weighted by Crippen LogP contribution is -2.44. The van der Waals surface area contributed by atoms with Crippen molar-refractivity contribution >= 4 is 5.91 Å². The van der Waals surface area contributed by atoms with Crippen molar-refractivity contribution in [2.45, 2.75) is 73.5 Å². The number of nitrogens with two attached hydrogens (primary N) is 1. The Labute approximate surface area is 155 Å². The van der Waals surface area contributed by atoms with Gasteiger partial charge in [0.05, 0.1) is 13.2 Å². The number of rotatable bonds is 13. The van der Waals surface area contributed by atoms with Crippen molar-refractivity contribution in [3.8, 4) is 0 Å². The maximum atomic E-state index is 11.7. The predicted octanol–water partition coefficient (Wildman–Crippen LogP) is 3.25. The number of primary amides is 1. The van der Waals surface area contributed by atoms with Gasteiger partial charge < -0.3 is 15.6 Å². The summed E-state index contributed by atoms with van der Waals surface area (Å²) >= 11 is 0. The van der Waals surface area contributed by atoms with Crippen molar-refractivity contribution in [3.05, 3.63) is 0 Å². The molecule has 0 aromatic carbocycles. The third-order valence-electron chi connectivity index (χ3n) is 6.24. The minimum atomic E-state index is -0.585. The first-order valence-corrected chi connectivity index (χ1v) is 9.62. The van der Waals surface area contributed by atoms with Crippen molar-refractivity contribution in [1.82, 2.24) is 4.90 Å². The van der Waals surface area contributed by atoms with Crippen LogP contribution >= 0.6 is 0 Å². The third kappa shape index (κ3) is 7.24. The number of likely N-dealkylation sites (N-methyl/N-ethyl adjacent to an activating group) is 1. The van der Waals surface area contributed by atoms with Crippen LogP contribution in [0.4, 0.5) is 0 Å². The summed E-state index contributed by atoms with van der Waals surface area (Å²) in [7, 11) is 3.67. The molecule has 1 amide bonds. The van der Waals surface area contributed by atoms with E-state index >= 15 is 0 Å². The van der Waals surface area contributed by atoms with Crippen LogP contribution in [-0.4, -0.2) is 49.5 Å². The Kier molecular flexibility index (Phi) is 10.2. The standard InChI is InChI=1S/C20H42N2O3/c1-9-11-16(13-25-14-17(23)22(7)8)20(5,6)19(3,4)12-15(10-2)18(21)24/h15-17,23H,9-14H2,1-8H3,(H2,21,24). The number of hydrogen-bond donors (Lipinski definition) is 2. The molecular weight excluding hydrogens is 316 g/mol. The molecule has 0 aromatic heterocycles. The molecule has 3 atom stereocenters. The van der Waals surface area contributed by atoms with E-state index in [1.54, 1.807) is 4.90 Å². The molecule has 3 unspecified atom stereocenters. The average Bonchev–Trinajstić information content (AvgIpc) is 2.50. The van der Waals surface area contributed by atoms with E-state index in [2.05, 4.69) is 34.6 Å². The molecule has 0 saturated carbocycles. The van der Waals surface area contributed by atoms with E-state index in [1.807, 2.05) is 21.0 Å². The van der Waals surface area contributed by atoms with Gasteiger partial charge in [-0.15, -0.1) is 0 Å². The minimum absolute atomic E-state index is 0.0189. The highest BCUT2D eigenvalue weighted by molar-refractivity contribution is 5.76. The molecule has 5 nitrogen and oxygen atoms in total. The lowest BCUT2D eigenvalue weighted by atomic mass is 9.57. The van der Waals surface area contributed by atoms with Crippen molar-refractivity contribution in [2.75, 3.05) is 27.3 Å². The van der Waals surface area contributed by atoms with Crippen LogP contribution in [0.2, 0.25) is 0 Å². The number of nitrogens with zero attached hydrogens (tertiary/aromatic N) is 1. The van der Waals surface area contributed by atoms with E-state index in [0.29, 0.717) is 19.1 Å². The van der Waals surface area contributed by atoms with Gasteiger partial charge in [-0.25, -0.2) is 0 Å². The summed E-state index contributed by atoms with van der Waals surface area (Å²) < 4.78 is 5.85. The van der Waals surface area contributed by atoms with Gasteiger partial charge in [0.2, 0.25) is 5.91 Å². The summed E-state index contributed by atoms with van der Waals surface area (Å²) in [5.41, 5.74) is 5.51. The highest BCUT2D eigenvalue weighted by atomic mass is 16.5. The Bertz CT molecular complexity index is 394. The van der Waals surface area contributed by atoms with E-state index in [4.69, 9.17) is 10.5 Å². The summed E-state index contributed by atoms with van der Waals surface area (Å²) in [5, 5.41) is 9.89. The molecule has 150 valence electrons. The van der Waals surface area contributed by atoms with Gasteiger partial charge in [-0.3, -0.25) is 9.69 Å². The lowest BCUT2D eigenvalue weighted by Gasteiger charge is -2.48. The fraction of sp³-hybridized carbons (Fsp3) is 0.950. The average molecular weight is 359 g/mol. The monoisotopic (exact) mass is 358 g/mol.